The fourth-order valence-electron chi connectivity index (χ4n) is 2.99. The molecule has 21 heavy (non-hydrogen) atoms. The number of fused-ring (bicyclic) bond motifs is 1. The lowest BCUT2D eigenvalue weighted by Crippen LogP contribution is -2.47. The number of hydrogen-bond acceptors (Lipinski definition) is 7. The minimum atomic E-state index is -0.150. The van der Waals surface area contributed by atoms with Gasteiger partial charge in [0.25, 0.3) is 0 Å². The molecule has 2 aliphatic heterocycles. The smallest absolute Gasteiger partial charge is 0.326 e. The Bertz CT molecular complexity index is 329. The summed E-state index contributed by atoms with van der Waals surface area (Å²) in [6.07, 6.45) is -0.301. The zero-order valence-corrected chi connectivity index (χ0v) is 13.0. The van der Waals surface area contributed by atoms with Gasteiger partial charge in [0.1, 0.15) is 39.3 Å². The fourth-order valence-corrected chi connectivity index (χ4v) is 2.99. The molecule has 0 aromatic heterocycles. The van der Waals surface area contributed by atoms with Crippen molar-refractivity contribution in [2.75, 3.05) is 62.0 Å². The van der Waals surface area contributed by atoms with Crippen molar-refractivity contribution in [1.29, 1.82) is 0 Å². The maximum absolute atomic E-state index is 12.6. The average Bonchev–Trinajstić information content (AvgIpc) is 2.92. The first-order valence-corrected chi connectivity index (χ1v) is 6.70. The van der Waals surface area contributed by atoms with Crippen LogP contribution in [0.2, 0.25) is 0 Å². The lowest BCUT2D eigenvalue weighted by molar-refractivity contribution is -0.0237. The second-order valence-corrected chi connectivity index (χ2v) is 5.04. The highest BCUT2D eigenvalue weighted by molar-refractivity contribution is 5.77. The van der Waals surface area contributed by atoms with Crippen LogP contribution in [0.5, 0.6) is 0 Å². The van der Waals surface area contributed by atoms with Crippen LogP contribution in [0.15, 0.2) is 0 Å². The van der Waals surface area contributed by atoms with Gasteiger partial charge in [-0.2, -0.15) is 0 Å². The first-order valence-electron chi connectivity index (χ1n) is 6.70. The van der Waals surface area contributed by atoms with Gasteiger partial charge in [0.15, 0.2) is 0 Å². The Morgan fingerprint density at radius 2 is 1.19 bits per heavy atom. The predicted octanol–water partition coefficient (Wildman–Crippen LogP) is -0.633. The van der Waals surface area contributed by atoms with Gasteiger partial charge >= 0.3 is 6.03 Å². The van der Waals surface area contributed by atoms with E-state index in [9.17, 15) is 4.79 Å². The van der Waals surface area contributed by atoms with Crippen LogP contribution in [0.25, 0.3) is 0 Å². The van der Waals surface area contributed by atoms with Gasteiger partial charge in [0, 0.05) is 28.4 Å². The maximum Gasteiger partial charge on any atom is 0.326 e. The molecule has 0 aromatic carbocycles. The molecule has 0 aromatic rings. The van der Waals surface area contributed by atoms with Gasteiger partial charge in [-0.15, -0.1) is 0 Å². The summed E-state index contributed by atoms with van der Waals surface area (Å²) in [6.45, 7) is 1.94. The molecule has 0 radical (unpaired) electrons. The summed E-state index contributed by atoms with van der Waals surface area (Å²) in [5.41, 5.74) is 0. The Hall–Kier alpha value is -0.970. The van der Waals surface area contributed by atoms with E-state index >= 15 is 0 Å². The van der Waals surface area contributed by atoms with Crippen molar-refractivity contribution in [3.63, 3.8) is 0 Å². The summed E-state index contributed by atoms with van der Waals surface area (Å²) in [7, 11) is 6.42. The molecule has 0 bridgehead atoms. The van der Waals surface area contributed by atoms with Gasteiger partial charge in [0.2, 0.25) is 0 Å². The van der Waals surface area contributed by atoms with Crippen molar-refractivity contribution in [2.24, 2.45) is 0 Å². The molecule has 0 aliphatic carbocycles. The van der Waals surface area contributed by atoms with Gasteiger partial charge in [-0.25, -0.2) is 14.6 Å². The molecule has 2 unspecified atom stereocenters. The van der Waals surface area contributed by atoms with Crippen molar-refractivity contribution in [1.82, 2.24) is 19.6 Å². The molecular weight excluding hydrogens is 280 g/mol. The van der Waals surface area contributed by atoms with Crippen molar-refractivity contribution >= 4 is 6.03 Å². The lowest BCUT2D eigenvalue weighted by Gasteiger charge is -2.28. The molecule has 2 amide bonds. The van der Waals surface area contributed by atoms with E-state index in [0.717, 1.165) is 0 Å². The second-order valence-electron chi connectivity index (χ2n) is 5.04. The summed E-state index contributed by atoms with van der Waals surface area (Å²) in [5, 5.41) is 0. The molecule has 122 valence electrons. The highest BCUT2D eigenvalue weighted by Gasteiger charge is 2.55. The topological polar surface area (TPSA) is 67.0 Å². The molecule has 0 N–H and O–H groups in total. The second kappa shape index (κ2) is 7.34. The molecule has 2 atom stereocenters. The molecule has 2 rings (SSSR count). The van der Waals surface area contributed by atoms with E-state index < -0.39 is 0 Å². The minimum Gasteiger partial charge on any atom is -0.369 e. The van der Waals surface area contributed by atoms with Gasteiger partial charge in [0.05, 0.1) is 6.67 Å². The van der Waals surface area contributed by atoms with Crippen molar-refractivity contribution in [3.05, 3.63) is 0 Å². The van der Waals surface area contributed by atoms with Crippen LogP contribution in [0, 0.1) is 0 Å². The quantitative estimate of drug-likeness (QED) is 0.591. The number of urea groups is 1. The third-order valence-corrected chi connectivity index (χ3v) is 3.63. The van der Waals surface area contributed by atoms with Crippen LogP contribution in [0.4, 0.5) is 4.79 Å². The van der Waals surface area contributed by atoms with Crippen LogP contribution < -0.4 is 0 Å². The molecule has 0 saturated carbocycles. The summed E-state index contributed by atoms with van der Waals surface area (Å²) in [6, 6.07) is -0.115. The van der Waals surface area contributed by atoms with E-state index in [1.54, 1.807) is 38.2 Å². The van der Waals surface area contributed by atoms with Crippen LogP contribution in [-0.4, -0.2) is 100.0 Å². The molecule has 2 fully saturated rings. The summed E-state index contributed by atoms with van der Waals surface area (Å²) in [5.74, 6) is 0. The van der Waals surface area contributed by atoms with Gasteiger partial charge in [-0.1, -0.05) is 0 Å². The standard InChI is InChI=1S/C12H24N4O5/c1-18-6-13-5-14(7-19-2)11-10(13)15(8-20-3)12(17)16(11)9-21-4/h10-11H,5-9H2,1-4H3. The minimum absolute atomic E-state index is 0.115. The van der Waals surface area contributed by atoms with E-state index in [1.807, 2.05) is 0 Å². The number of ether oxygens (including phenoxy) is 4. The number of amides is 2. The van der Waals surface area contributed by atoms with E-state index in [2.05, 4.69) is 9.80 Å². The Labute approximate surface area is 124 Å². The number of rotatable bonds is 8. The number of nitrogens with zero attached hydrogens (tertiary/aromatic N) is 4. The summed E-state index contributed by atoms with van der Waals surface area (Å²) < 4.78 is 20.8. The van der Waals surface area contributed by atoms with Crippen LogP contribution in [0.3, 0.4) is 0 Å². The van der Waals surface area contributed by atoms with Gasteiger partial charge in [-0.05, 0) is 0 Å². The van der Waals surface area contributed by atoms with E-state index in [1.165, 1.54) is 0 Å². The molecule has 2 heterocycles. The third kappa shape index (κ3) is 2.98. The number of hydrogen-bond donors (Lipinski definition) is 0. The first kappa shape index (κ1) is 16.4. The van der Waals surface area contributed by atoms with E-state index in [4.69, 9.17) is 18.9 Å². The largest absolute Gasteiger partial charge is 0.369 e. The fraction of sp³-hybridized carbons (Fsp3) is 0.917. The number of carbonyl (C=O) groups is 1. The molecule has 9 nitrogen and oxygen atoms in total. The highest BCUT2D eigenvalue weighted by Crippen LogP contribution is 2.33. The van der Waals surface area contributed by atoms with Crippen LogP contribution in [-0.2, 0) is 18.9 Å². The molecule has 0 spiro atoms. The maximum atomic E-state index is 12.6. The molecule has 9 heteroatoms. The first-order chi connectivity index (χ1) is 10.2. The Balaban J connectivity index is 2.26. The normalized spacial score (nSPS) is 27.0. The van der Waals surface area contributed by atoms with Crippen LogP contribution in [0.1, 0.15) is 0 Å². The predicted molar refractivity (Wildman–Crippen MR) is 72.7 cm³/mol. The van der Waals surface area contributed by atoms with Crippen molar-refractivity contribution in [2.45, 2.75) is 12.3 Å². The molecular formula is C12H24N4O5. The molecule has 2 saturated heterocycles. The highest BCUT2D eigenvalue weighted by atomic mass is 16.5. The van der Waals surface area contributed by atoms with E-state index in [0.29, 0.717) is 20.1 Å². The Morgan fingerprint density at radius 3 is 1.52 bits per heavy atom. The van der Waals surface area contributed by atoms with Gasteiger partial charge in [-0.3, -0.25) is 9.80 Å². The summed E-state index contributed by atoms with van der Waals surface area (Å²) >= 11 is 0. The number of methoxy groups -OCH3 is 4. The van der Waals surface area contributed by atoms with Gasteiger partial charge < -0.3 is 18.9 Å². The van der Waals surface area contributed by atoms with Crippen molar-refractivity contribution in [3.8, 4) is 0 Å². The van der Waals surface area contributed by atoms with E-state index in [-0.39, 0.29) is 31.8 Å². The average molecular weight is 304 g/mol. The SMILES string of the molecule is COCN1CN(COC)C2C1N(COC)C(=O)N2COC. The zero-order valence-electron chi connectivity index (χ0n) is 13.0. The van der Waals surface area contributed by atoms with Crippen LogP contribution >= 0.6 is 0 Å². The zero-order chi connectivity index (χ0) is 15.4. The number of carbonyl (C=O) groups excluding carboxylic acids is 1. The Morgan fingerprint density at radius 1 is 0.810 bits per heavy atom. The monoisotopic (exact) mass is 304 g/mol. The Kier molecular flexibility index (Phi) is 5.73. The van der Waals surface area contributed by atoms with Crippen molar-refractivity contribution < 1.29 is 23.7 Å². The molecule has 2 aliphatic rings. The third-order valence-electron chi connectivity index (χ3n) is 3.63. The summed E-state index contributed by atoms with van der Waals surface area (Å²) in [4.78, 5) is 20.0. The lowest BCUT2D eigenvalue weighted by atomic mass is 10.3.